The van der Waals surface area contributed by atoms with Gasteiger partial charge >= 0.3 is 0 Å². The van der Waals surface area contributed by atoms with E-state index in [1.807, 2.05) is 0 Å². The van der Waals surface area contributed by atoms with Gasteiger partial charge in [0, 0.05) is 0 Å². The van der Waals surface area contributed by atoms with E-state index in [9.17, 15) is 0 Å². The Hall–Kier alpha value is -0.260. The summed E-state index contributed by atoms with van der Waals surface area (Å²) in [5.41, 5.74) is 1.31. The van der Waals surface area contributed by atoms with Gasteiger partial charge in [0.25, 0.3) is 0 Å². The van der Waals surface area contributed by atoms with Crippen LogP contribution in [0.4, 0.5) is 0 Å². The molecule has 5 aliphatic carbocycles. The van der Waals surface area contributed by atoms with E-state index in [0.29, 0.717) is 10.8 Å². The smallest absolute Gasteiger partial charge is 0.0229 e. The standard InChI is InChI=1S/C27H44/c1-19(7-6-8-20-10-11-20)23-14-15-24-22-13-12-21-9-4-5-17-26(21,2)25(22)16-18-27(23,24)3/h4-5,19-25H,6-18H2,1-3H3/t19-,21?,22+,23-,24+,25+,26+,27-/m1/s1. The molecule has 0 heterocycles. The number of allylic oxidation sites excluding steroid dienone is 2. The van der Waals surface area contributed by atoms with Gasteiger partial charge in [-0.1, -0.05) is 65.0 Å². The van der Waals surface area contributed by atoms with Crippen molar-refractivity contribution in [3.63, 3.8) is 0 Å². The molecule has 5 rings (SSSR count). The maximum Gasteiger partial charge on any atom is -0.0229 e. The fraction of sp³-hybridized carbons (Fsp3) is 0.926. The van der Waals surface area contributed by atoms with Crippen LogP contribution >= 0.6 is 0 Å². The quantitative estimate of drug-likeness (QED) is 0.431. The molecule has 0 aromatic rings. The second-order valence-corrected chi connectivity index (χ2v) is 12.1. The fourth-order valence-corrected chi connectivity index (χ4v) is 9.15. The minimum absolute atomic E-state index is 0.632. The van der Waals surface area contributed by atoms with Crippen LogP contribution in [-0.4, -0.2) is 0 Å². The molecule has 27 heavy (non-hydrogen) atoms. The third-order valence-electron chi connectivity index (χ3n) is 10.9. The van der Waals surface area contributed by atoms with E-state index in [4.69, 9.17) is 0 Å². The lowest BCUT2D eigenvalue weighted by atomic mass is 9.45. The summed E-state index contributed by atoms with van der Waals surface area (Å²) in [5.74, 6) is 7.25. The van der Waals surface area contributed by atoms with Gasteiger partial charge in [-0.3, -0.25) is 0 Å². The predicted molar refractivity (Wildman–Crippen MR) is 115 cm³/mol. The molecule has 0 aliphatic heterocycles. The highest BCUT2D eigenvalue weighted by molar-refractivity contribution is 5.12. The molecule has 0 aromatic carbocycles. The Morgan fingerprint density at radius 1 is 0.889 bits per heavy atom. The van der Waals surface area contributed by atoms with Crippen LogP contribution in [0.15, 0.2) is 12.2 Å². The summed E-state index contributed by atoms with van der Waals surface area (Å²) in [7, 11) is 0. The topological polar surface area (TPSA) is 0 Å². The Morgan fingerprint density at radius 2 is 1.70 bits per heavy atom. The van der Waals surface area contributed by atoms with Crippen molar-refractivity contribution in [2.24, 2.45) is 52.3 Å². The summed E-state index contributed by atoms with van der Waals surface area (Å²) < 4.78 is 0. The van der Waals surface area contributed by atoms with E-state index in [2.05, 4.69) is 32.9 Å². The first-order valence-electron chi connectivity index (χ1n) is 12.7. The summed E-state index contributed by atoms with van der Waals surface area (Å²) in [6.07, 6.45) is 24.7. The summed E-state index contributed by atoms with van der Waals surface area (Å²) in [5, 5.41) is 0. The summed E-state index contributed by atoms with van der Waals surface area (Å²) in [4.78, 5) is 0. The van der Waals surface area contributed by atoms with Crippen molar-refractivity contribution in [1.29, 1.82) is 0 Å². The van der Waals surface area contributed by atoms with Crippen LogP contribution in [0.3, 0.4) is 0 Å². The van der Waals surface area contributed by atoms with Crippen molar-refractivity contribution < 1.29 is 0 Å². The SMILES string of the molecule is C[C@H](CCCC1CC1)[C@H]1CC[C@H]2[C@@H]3CCC4CC=CC[C@]4(C)[C@H]3CC[C@]12C. The first-order chi connectivity index (χ1) is 13.0. The van der Waals surface area contributed by atoms with Gasteiger partial charge in [-0.15, -0.1) is 0 Å². The van der Waals surface area contributed by atoms with Gasteiger partial charge in [0.2, 0.25) is 0 Å². The lowest BCUT2D eigenvalue weighted by Crippen LogP contribution is -2.52. The average molecular weight is 369 g/mol. The first kappa shape index (κ1) is 18.7. The molecule has 4 fully saturated rings. The van der Waals surface area contributed by atoms with Gasteiger partial charge in [0.05, 0.1) is 0 Å². The van der Waals surface area contributed by atoms with Crippen LogP contribution in [0.25, 0.3) is 0 Å². The molecule has 0 bridgehead atoms. The second-order valence-electron chi connectivity index (χ2n) is 12.1. The second kappa shape index (κ2) is 6.91. The first-order valence-corrected chi connectivity index (χ1v) is 12.7. The summed E-state index contributed by atoms with van der Waals surface area (Å²) in [6.45, 7) is 8.06. The minimum Gasteiger partial charge on any atom is -0.0882 e. The van der Waals surface area contributed by atoms with E-state index in [0.717, 1.165) is 41.4 Å². The summed E-state index contributed by atoms with van der Waals surface area (Å²) >= 11 is 0. The molecule has 0 radical (unpaired) electrons. The Balaban J connectivity index is 1.29. The van der Waals surface area contributed by atoms with Crippen molar-refractivity contribution in [3.8, 4) is 0 Å². The maximum absolute atomic E-state index is 2.75. The van der Waals surface area contributed by atoms with Crippen LogP contribution in [0.1, 0.15) is 104 Å². The molecule has 0 aromatic heterocycles. The Labute approximate surface area is 169 Å². The molecular weight excluding hydrogens is 324 g/mol. The normalized spacial score (nSPS) is 50.0. The molecule has 0 amide bonds. The van der Waals surface area contributed by atoms with Crippen molar-refractivity contribution in [2.45, 2.75) is 104 Å². The third kappa shape index (κ3) is 3.07. The van der Waals surface area contributed by atoms with Crippen LogP contribution in [0, 0.1) is 52.3 Å². The number of hydrogen-bond acceptors (Lipinski definition) is 0. The van der Waals surface area contributed by atoms with Gasteiger partial charge in [-0.25, -0.2) is 0 Å². The Bertz CT molecular complexity index is 571. The molecule has 0 spiro atoms. The van der Waals surface area contributed by atoms with E-state index >= 15 is 0 Å². The maximum atomic E-state index is 2.75. The molecule has 0 heteroatoms. The van der Waals surface area contributed by atoms with Gasteiger partial charge in [0.1, 0.15) is 0 Å². The molecular formula is C27H44. The summed E-state index contributed by atoms with van der Waals surface area (Å²) in [6, 6.07) is 0. The number of hydrogen-bond donors (Lipinski definition) is 0. The minimum atomic E-state index is 0.632. The highest BCUT2D eigenvalue weighted by atomic mass is 14.6. The zero-order chi connectivity index (χ0) is 18.6. The molecule has 152 valence electrons. The number of fused-ring (bicyclic) bond motifs is 5. The van der Waals surface area contributed by atoms with Gasteiger partial charge in [-0.05, 0) is 104 Å². The lowest BCUT2D eigenvalue weighted by Gasteiger charge is -2.60. The molecule has 8 atom stereocenters. The molecule has 4 saturated carbocycles. The molecule has 0 nitrogen and oxygen atoms in total. The van der Waals surface area contributed by atoms with Crippen molar-refractivity contribution in [2.75, 3.05) is 0 Å². The van der Waals surface area contributed by atoms with E-state index in [1.165, 1.54) is 51.4 Å². The lowest BCUT2D eigenvalue weighted by molar-refractivity contribution is -0.101. The highest BCUT2D eigenvalue weighted by Crippen LogP contribution is 2.68. The molecule has 0 saturated heterocycles. The third-order valence-corrected chi connectivity index (χ3v) is 10.9. The van der Waals surface area contributed by atoms with E-state index in [-0.39, 0.29) is 0 Å². The Morgan fingerprint density at radius 3 is 2.52 bits per heavy atom. The largest absolute Gasteiger partial charge is 0.0882 e. The van der Waals surface area contributed by atoms with Crippen molar-refractivity contribution >= 4 is 0 Å². The van der Waals surface area contributed by atoms with Crippen LogP contribution in [-0.2, 0) is 0 Å². The predicted octanol–water partition coefficient (Wildman–Crippen LogP) is 8.03. The monoisotopic (exact) mass is 368 g/mol. The zero-order valence-electron chi connectivity index (χ0n) is 18.4. The van der Waals surface area contributed by atoms with E-state index < -0.39 is 0 Å². The zero-order valence-corrected chi connectivity index (χ0v) is 18.4. The Kier molecular flexibility index (Phi) is 4.80. The number of rotatable bonds is 5. The molecule has 1 unspecified atom stereocenters. The molecule has 0 N–H and O–H groups in total. The average Bonchev–Trinajstić information content (AvgIpc) is 3.40. The van der Waals surface area contributed by atoms with Gasteiger partial charge < -0.3 is 0 Å². The fourth-order valence-electron chi connectivity index (χ4n) is 9.15. The van der Waals surface area contributed by atoms with Crippen molar-refractivity contribution in [3.05, 3.63) is 12.2 Å². The van der Waals surface area contributed by atoms with Gasteiger partial charge in [0.15, 0.2) is 0 Å². The highest BCUT2D eigenvalue weighted by Gasteiger charge is 2.59. The van der Waals surface area contributed by atoms with Crippen molar-refractivity contribution in [1.82, 2.24) is 0 Å². The van der Waals surface area contributed by atoms with Gasteiger partial charge in [-0.2, -0.15) is 0 Å². The van der Waals surface area contributed by atoms with Crippen LogP contribution in [0.2, 0.25) is 0 Å². The van der Waals surface area contributed by atoms with Crippen LogP contribution < -0.4 is 0 Å². The molecule has 5 aliphatic rings. The van der Waals surface area contributed by atoms with Crippen LogP contribution in [0.5, 0.6) is 0 Å². The van der Waals surface area contributed by atoms with E-state index in [1.54, 1.807) is 32.1 Å².